The smallest absolute Gasteiger partial charge is 0.195 e. The SMILES string of the molecule is CC(Br)C(=O)c1ncccc1SCc1ccccc1. The molecule has 0 saturated heterocycles. The molecule has 0 aliphatic heterocycles. The zero-order valence-corrected chi connectivity index (χ0v) is 12.9. The number of thioether (sulfide) groups is 1. The number of carbonyl (C=O) groups excluding carboxylic acids is 1. The summed E-state index contributed by atoms with van der Waals surface area (Å²) in [6.45, 7) is 1.82. The van der Waals surface area contributed by atoms with E-state index >= 15 is 0 Å². The van der Waals surface area contributed by atoms with E-state index in [0.29, 0.717) is 5.69 Å². The molecule has 19 heavy (non-hydrogen) atoms. The maximum absolute atomic E-state index is 12.1. The van der Waals surface area contributed by atoms with Crippen LogP contribution in [0.1, 0.15) is 23.0 Å². The van der Waals surface area contributed by atoms with E-state index in [1.165, 1.54) is 5.56 Å². The van der Waals surface area contributed by atoms with Crippen molar-refractivity contribution in [1.82, 2.24) is 4.98 Å². The Labute approximate surface area is 125 Å². The summed E-state index contributed by atoms with van der Waals surface area (Å²) < 4.78 is 0. The van der Waals surface area contributed by atoms with Crippen LogP contribution in [-0.4, -0.2) is 15.6 Å². The van der Waals surface area contributed by atoms with E-state index < -0.39 is 0 Å². The van der Waals surface area contributed by atoms with Gasteiger partial charge < -0.3 is 0 Å². The Morgan fingerprint density at radius 1 is 1.26 bits per heavy atom. The molecule has 1 atom stereocenters. The van der Waals surface area contributed by atoms with Crippen LogP contribution in [0.3, 0.4) is 0 Å². The van der Waals surface area contributed by atoms with Crippen LogP contribution >= 0.6 is 27.7 Å². The van der Waals surface area contributed by atoms with Crippen molar-refractivity contribution in [3.8, 4) is 0 Å². The van der Waals surface area contributed by atoms with Gasteiger partial charge in [0.15, 0.2) is 5.78 Å². The maximum Gasteiger partial charge on any atom is 0.195 e. The Hall–Kier alpha value is -1.13. The lowest BCUT2D eigenvalue weighted by molar-refractivity contribution is 0.0988. The number of hydrogen-bond donors (Lipinski definition) is 0. The van der Waals surface area contributed by atoms with Crippen molar-refractivity contribution in [2.45, 2.75) is 22.4 Å². The number of nitrogens with zero attached hydrogens (tertiary/aromatic N) is 1. The summed E-state index contributed by atoms with van der Waals surface area (Å²) in [6.07, 6.45) is 1.66. The molecule has 4 heteroatoms. The molecule has 2 aromatic rings. The highest BCUT2D eigenvalue weighted by Crippen LogP contribution is 2.26. The van der Waals surface area contributed by atoms with Crippen molar-refractivity contribution in [2.75, 3.05) is 0 Å². The van der Waals surface area contributed by atoms with E-state index in [-0.39, 0.29) is 10.6 Å². The first kappa shape index (κ1) is 14.3. The van der Waals surface area contributed by atoms with Gasteiger partial charge in [0.25, 0.3) is 0 Å². The van der Waals surface area contributed by atoms with Crippen LogP contribution < -0.4 is 0 Å². The fourth-order valence-corrected chi connectivity index (χ4v) is 2.81. The van der Waals surface area contributed by atoms with Gasteiger partial charge in [0.05, 0.1) is 4.83 Å². The first-order valence-electron chi connectivity index (χ1n) is 5.98. The molecule has 2 rings (SSSR count). The number of rotatable bonds is 5. The predicted molar refractivity (Wildman–Crippen MR) is 83.0 cm³/mol. The minimum Gasteiger partial charge on any atom is -0.291 e. The van der Waals surface area contributed by atoms with Crippen molar-refractivity contribution >= 4 is 33.5 Å². The molecule has 0 aliphatic rings. The Bertz CT molecular complexity index is 557. The lowest BCUT2D eigenvalue weighted by atomic mass is 10.2. The molecule has 1 heterocycles. The van der Waals surface area contributed by atoms with Crippen LogP contribution in [-0.2, 0) is 5.75 Å². The average Bonchev–Trinajstić information content (AvgIpc) is 2.45. The van der Waals surface area contributed by atoms with Gasteiger partial charge in [-0.1, -0.05) is 46.3 Å². The van der Waals surface area contributed by atoms with E-state index in [0.717, 1.165) is 10.6 Å². The Morgan fingerprint density at radius 3 is 2.68 bits per heavy atom. The van der Waals surface area contributed by atoms with Crippen molar-refractivity contribution in [2.24, 2.45) is 0 Å². The standard InChI is InChI=1S/C15H14BrNOS/c1-11(16)15(18)14-13(8-5-9-17-14)19-10-12-6-3-2-4-7-12/h2-9,11H,10H2,1H3. The third-order valence-electron chi connectivity index (χ3n) is 2.60. The second kappa shape index (κ2) is 6.87. The quantitative estimate of drug-likeness (QED) is 0.462. The van der Waals surface area contributed by atoms with Gasteiger partial charge in [-0.2, -0.15) is 0 Å². The largest absolute Gasteiger partial charge is 0.291 e. The van der Waals surface area contributed by atoms with Crippen molar-refractivity contribution in [3.05, 3.63) is 59.9 Å². The zero-order chi connectivity index (χ0) is 13.7. The summed E-state index contributed by atoms with van der Waals surface area (Å²) >= 11 is 4.95. The number of aromatic nitrogens is 1. The van der Waals surface area contributed by atoms with Crippen LogP contribution in [0.15, 0.2) is 53.6 Å². The minimum absolute atomic E-state index is 0.0242. The molecule has 2 nitrogen and oxygen atoms in total. The third kappa shape index (κ3) is 3.91. The summed E-state index contributed by atoms with van der Waals surface area (Å²) in [4.78, 5) is 17.0. The predicted octanol–water partition coefficient (Wildman–Crippen LogP) is 4.34. The Balaban J connectivity index is 2.14. The molecule has 0 bridgehead atoms. The highest BCUT2D eigenvalue weighted by Gasteiger charge is 2.17. The summed E-state index contributed by atoms with van der Waals surface area (Å²) in [5.74, 6) is 0.861. The van der Waals surface area contributed by atoms with Gasteiger partial charge in [-0.05, 0) is 24.6 Å². The monoisotopic (exact) mass is 335 g/mol. The minimum atomic E-state index is -0.210. The molecular weight excluding hydrogens is 322 g/mol. The lowest BCUT2D eigenvalue weighted by Crippen LogP contribution is -2.13. The number of Topliss-reactive ketones (excluding diaryl/α,β-unsaturated/α-hetero) is 1. The molecule has 0 saturated carbocycles. The fourth-order valence-electron chi connectivity index (χ4n) is 1.62. The molecule has 0 amide bonds. The van der Waals surface area contributed by atoms with Crippen LogP contribution in [0, 0.1) is 0 Å². The van der Waals surface area contributed by atoms with Crippen LogP contribution in [0.2, 0.25) is 0 Å². The van der Waals surface area contributed by atoms with E-state index in [1.807, 2.05) is 37.3 Å². The van der Waals surface area contributed by atoms with Gasteiger partial charge in [-0.3, -0.25) is 9.78 Å². The van der Waals surface area contributed by atoms with Crippen molar-refractivity contribution in [3.63, 3.8) is 0 Å². The van der Waals surface area contributed by atoms with Gasteiger partial charge in [0.1, 0.15) is 5.69 Å². The Morgan fingerprint density at radius 2 is 2.00 bits per heavy atom. The molecule has 98 valence electrons. The number of hydrogen-bond acceptors (Lipinski definition) is 3. The van der Waals surface area contributed by atoms with Crippen LogP contribution in [0.25, 0.3) is 0 Å². The van der Waals surface area contributed by atoms with Crippen molar-refractivity contribution in [1.29, 1.82) is 0 Å². The molecule has 0 aliphatic carbocycles. The van der Waals surface area contributed by atoms with Gasteiger partial charge in [0, 0.05) is 16.8 Å². The molecular formula is C15H14BrNOS. The highest BCUT2D eigenvalue weighted by molar-refractivity contribution is 9.10. The molecule has 1 aromatic carbocycles. The summed E-state index contributed by atoms with van der Waals surface area (Å²) in [7, 11) is 0. The normalized spacial score (nSPS) is 12.1. The first-order chi connectivity index (χ1) is 9.18. The number of benzene rings is 1. The van der Waals surface area contributed by atoms with E-state index in [9.17, 15) is 4.79 Å². The summed E-state index contributed by atoms with van der Waals surface area (Å²) in [6, 6.07) is 14.0. The molecule has 0 spiro atoms. The average molecular weight is 336 g/mol. The fraction of sp³-hybridized carbons (Fsp3) is 0.200. The van der Waals surface area contributed by atoms with Crippen molar-refractivity contribution < 1.29 is 4.79 Å². The second-order valence-corrected chi connectivity index (χ2v) is 6.50. The molecule has 0 fully saturated rings. The molecule has 0 N–H and O–H groups in total. The van der Waals surface area contributed by atoms with Gasteiger partial charge in [-0.25, -0.2) is 0 Å². The third-order valence-corrected chi connectivity index (χ3v) is 4.14. The van der Waals surface area contributed by atoms with Gasteiger partial charge in [-0.15, -0.1) is 11.8 Å². The second-order valence-electron chi connectivity index (χ2n) is 4.10. The van der Waals surface area contributed by atoms with E-state index in [2.05, 4.69) is 33.0 Å². The number of ketones is 1. The van der Waals surface area contributed by atoms with Crippen LogP contribution in [0.4, 0.5) is 0 Å². The topological polar surface area (TPSA) is 30.0 Å². The number of carbonyl (C=O) groups is 1. The maximum atomic E-state index is 12.1. The number of alkyl halides is 1. The Kier molecular flexibility index (Phi) is 5.16. The lowest BCUT2D eigenvalue weighted by Gasteiger charge is -2.08. The summed E-state index contributed by atoms with van der Waals surface area (Å²) in [5.41, 5.74) is 1.79. The number of halogens is 1. The molecule has 1 aromatic heterocycles. The van der Waals surface area contributed by atoms with Gasteiger partial charge in [0.2, 0.25) is 0 Å². The van der Waals surface area contributed by atoms with E-state index in [4.69, 9.17) is 0 Å². The number of pyridine rings is 1. The first-order valence-corrected chi connectivity index (χ1v) is 7.88. The molecule has 0 radical (unpaired) electrons. The van der Waals surface area contributed by atoms with Gasteiger partial charge >= 0.3 is 0 Å². The molecule has 1 unspecified atom stereocenters. The van der Waals surface area contributed by atoms with Crippen LogP contribution in [0.5, 0.6) is 0 Å². The summed E-state index contributed by atoms with van der Waals surface area (Å²) in [5, 5.41) is 0. The zero-order valence-electron chi connectivity index (χ0n) is 10.5. The van der Waals surface area contributed by atoms with E-state index in [1.54, 1.807) is 18.0 Å². The highest BCUT2D eigenvalue weighted by atomic mass is 79.9.